The molecule has 462 valence electrons. The summed E-state index contributed by atoms with van der Waals surface area (Å²) in [5, 5.41) is 45.7. The summed E-state index contributed by atoms with van der Waals surface area (Å²) in [6.45, 7) is 2.23. The van der Waals surface area contributed by atoms with E-state index in [0.29, 0.717) is 29.5 Å². The Balaban J connectivity index is 1.67. The molecule has 0 spiro atoms. The van der Waals surface area contributed by atoms with Crippen molar-refractivity contribution >= 4 is 39.3 Å². The number of carbonyl (C=O) groups is 4. The maximum Gasteiger partial charge on any atom is 0.475 e. The van der Waals surface area contributed by atoms with Gasteiger partial charge in [-0.1, -0.05) is 223 Å². The smallest absolute Gasteiger partial charge is 0.462 e. The molecule has 1 aliphatic rings. The van der Waals surface area contributed by atoms with Crippen LogP contribution in [-0.4, -0.2) is 123 Å². The summed E-state index contributed by atoms with van der Waals surface area (Å²) in [6.07, 6.45) is 10.5. The van der Waals surface area contributed by atoms with E-state index in [0.717, 1.165) is 57.8 Å². The van der Waals surface area contributed by atoms with Gasteiger partial charge in [-0.15, -0.1) is 0 Å². The Morgan fingerprint density at radius 1 is 0.543 bits per heavy atom. The van der Waals surface area contributed by atoms with E-state index in [-0.39, 0.29) is 31.6 Å². The molecule has 1 amide bonds. The summed E-state index contributed by atoms with van der Waals surface area (Å²) in [4.78, 5) is 71.3. The maximum absolute atomic E-state index is 14.6. The fraction of sp³-hybridized carbons (Fsp3) is 0.733. The molecule has 0 aromatic heterocycles. The van der Waals surface area contributed by atoms with Crippen LogP contribution >= 0.6 is 15.6 Å². The fourth-order valence-corrected chi connectivity index (χ4v) is 11.4. The van der Waals surface area contributed by atoms with Crippen LogP contribution in [0.25, 0.3) is 0 Å². The number of amides is 1. The van der Waals surface area contributed by atoms with Gasteiger partial charge in [-0.2, -0.15) is 0 Å². The number of phosphoric acid groups is 2. The van der Waals surface area contributed by atoms with Crippen molar-refractivity contribution in [3.05, 3.63) is 71.3 Å². The van der Waals surface area contributed by atoms with Crippen molar-refractivity contribution in [1.29, 1.82) is 0 Å². The number of carbonyl (C=O) groups excluding carboxylic acids is 4. The van der Waals surface area contributed by atoms with Gasteiger partial charge in [0.2, 0.25) is 5.91 Å². The Morgan fingerprint density at radius 2 is 1.00 bits per heavy atom. The van der Waals surface area contributed by atoms with Crippen LogP contribution in [-0.2, 0) is 57.5 Å². The first-order chi connectivity index (χ1) is 39.8. The number of hydrogen-bond donors (Lipinski definition) is 7. The second-order valence-electron chi connectivity index (χ2n) is 21.2. The highest BCUT2D eigenvalue weighted by molar-refractivity contribution is 7.48. The zero-order valence-electron chi connectivity index (χ0n) is 50.2. The molecule has 2 aromatic rings. The van der Waals surface area contributed by atoms with Gasteiger partial charge in [-0.05, 0) is 31.2 Å². The summed E-state index contributed by atoms with van der Waals surface area (Å²) in [5.41, 5.74) is 1.13. The summed E-state index contributed by atoms with van der Waals surface area (Å²) in [6, 6.07) is 14.6. The van der Waals surface area contributed by atoms with Crippen LogP contribution < -0.4 is 5.32 Å². The lowest BCUT2D eigenvalue weighted by Gasteiger charge is -2.43. The Labute approximate surface area is 485 Å². The normalized spacial score (nSPS) is 20.5. The van der Waals surface area contributed by atoms with Gasteiger partial charge in [0.25, 0.3) is 0 Å². The van der Waals surface area contributed by atoms with E-state index >= 15 is 0 Å². The lowest BCUT2D eigenvalue weighted by molar-refractivity contribution is -0.217. The second kappa shape index (κ2) is 42.4. The number of aliphatic hydroxyl groups is 4. The first-order valence-electron chi connectivity index (χ1n) is 31.2. The van der Waals surface area contributed by atoms with E-state index in [1.54, 1.807) is 30.3 Å². The Hall–Kier alpha value is -3.42. The number of ether oxygens (including phenoxy) is 2. The molecule has 1 saturated carbocycles. The Bertz CT molecular complexity index is 2190. The molecular weight excluding hydrogens is 1080 g/mol. The van der Waals surface area contributed by atoms with Crippen LogP contribution in [0.4, 0.5) is 0 Å². The standard InChI is InChI=1S/C60H99NO18P2/c1-3-5-7-9-11-13-15-17-19-21-23-25-30-35-52(63)74-45-50(77-53(64)36-31-26-24-22-20-18-16-14-12-10-8-6-4-2)46-76-81(73,79-60-57(68)55(66)56(67)59(58(60)69)78-80(70,71)72)75-44-32-43-61-51(62)42-39-47-37-40-49(41-38-47)54(65)48-33-28-27-29-34-48/h27-29,33-34,37-38,40-41,50,55-60,66-69H,3-26,30-32,35-36,39,42-46H2,1-2H3,(H,61,62)(H2,70,71,72)/t50-,55-,56-,57+,58+,59+,60-,81?/m0/s1/i39T,42T/t39?,42?,50-,55-,56-,57+,58+,59+,60-,81?. The Morgan fingerprint density at radius 3 is 1.49 bits per heavy atom. The average Bonchev–Trinajstić information content (AvgIpc) is 3.35. The number of aryl methyl sites for hydroxylation is 1. The summed E-state index contributed by atoms with van der Waals surface area (Å²) in [5.74, 6) is -2.35. The number of aliphatic hydroxyl groups excluding tert-OH is 4. The van der Waals surface area contributed by atoms with Gasteiger partial charge in [0.1, 0.15) is 43.2 Å². The van der Waals surface area contributed by atoms with Crippen molar-refractivity contribution in [3.8, 4) is 0 Å². The molecule has 0 bridgehead atoms. The van der Waals surface area contributed by atoms with Crippen molar-refractivity contribution in [1.82, 2.24) is 5.32 Å². The predicted molar refractivity (Wildman–Crippen MR) is 309 cm³/mol. The van der Waals surface area contributed by atoms with Crippen LogP contribution in [0.5, 0.6) is 0 Å². The van der Waals surface area contributed by atoms with Crippen LogP contribution in [0.3, 0.4) is 0 Å². The van der Waals surface area contributed by atoms with Crippen molar-refractivity contribution in [2.24, 2.45) is 0 Å². The third kappa shape index (κ3) is 31.9. The van der Waals surface area contributed by atoms with E-state index in [4.69, 9.17) is 25.8 Å². The molecule has 10 atom stereocenters. The first kappa shape index (κ1) is 68.4. The fourth-order valence-electron chi connectivity index (χ4n) is 9.40. The molecule has 19 nitrogen and oxygen atoms in total. The quantitative estimate of drug-likeness (QED) is 0.0140. The third-order valence-electron chi connectivity index (χ3n) is 14.2. The SMILES string of the molecule is [3H]C(C(=O)NCCCOP(=O)(OC[C@H](COC(=O)CCCCCCCCCCCCCCC)OC(=O)CCCCCCCCCCCCCCC)O[C@@H]1[C@H](O)[C@H](OP(=O)(O)O)[C@@H](O)[C@H](O)[C@H]1O)C([3H])c1ccc(C(=O)c2ccccc2)cc1. The van der Waals surface area contributed by atoms with Crippen LogP contribution in [0.2, 0.25) is 0 Å². The molecule has 2 aromatic carbocycles. The van der Waals surface area contributed by atoms with E-state index in [1.807, 2.05) is 0 Å². The molecule has 1 aliphatic carbocycles. The van der Waals surface area contributed by atoms with Gasteiger partial charge in [-0.3, -0.25) is 37.3 Å². The number of unbranched alkanes of at least 4 members (excludes halogenated alkanes) is 24. The van der Waals surface area contributed by atoms with E-state index < -0.39 is 109 Å². The highest BCUT2D eigenvalue weighted by Crippen LogP contribution is 2.53. The van der Waals surface area contributed by atoms with Gasteiger partial charge in [0.05, 0.1) is 13.2 Å². The monoisotopic (exact) mass is 1190 g/mol. The second-order valence-corrected chi connectivity index (χ2v) is 24.1. The average molecular weight is 1190 g/mol. The molecule has 81 heavy (non-hydrogen) atoms. The highest BCUT2D eigenvalue weighted by Gasteiger charge is 2.54. The van der Waals surface area contributed by atoms with Gasteiger partial charge >= 0.3 is 27.6 Å². The number of ketones is 1. The van der Waals surface area contributed by atoms with Crippen LogP contribution in [0.15, 0.2) is 54.6 Å². The molecule has 0 radical (unpaired) electrons. The summed E-state index contributed by atoms with van der Waals surface area (Å²) in [7, 11) is -10.7. The van der Waals surface area contributed by atoms with Gasteiger partial charge in [-0.25, -0.2) is 9.13 Å². The lowest BCUT2D eigenvalue weighted by Crippen LogP contribution is -2.64. The van der Waals surface area contributed by atoms with Crippen LogP contribution in [0.1, 0.15) is 231 Å². The highest BCUT2D eigenvalue weighted by atomic mass is 31.2. The molecule has 3 unspecified atom stereocenters. The van der Waals surface area contributed by atoms with Crippen molar-refractivity contribution < 1.29 is 88.8 Å². The van der Waals surface area contributed by atoms with Gasteiger partial charge in [0, 0.05) is 39.7 Å². The zero-order valence-corrected chi connectivity index (χ0v) is 50.0. The number of nitrogens with one attached hydrogen (secondary N) is 1. The number of phosphoric ester groups is 2. The Kier molecular flexibility index (Phi) is 35.8. The number of hydrogen-bond acceptors (Lipinski definition) is 16. The minimum atomic E-state index is -5.48. The van der Waals surface area contributed by atoms with E-state index in [1.165, 1.54) is 121 Å². The topological polar surface area (TPSA) is 291 Å². The third-order valence-corrected chi connectivity index (χ3v) is 16.2. The molecule has 21 heteroatoms. The molecule has 0 heterocycles. The minimum Gasteiger partial charge on any atom is -0.462 e. The van der Waals surface area contributed by atoms with Crippen LogP contribution in [0, 0.1) is 0 Å². The molecule has 0 aliphatic heterocycles. The van der Waals surface area contributed by atoms with Gasteiger partial charge < -0.3 is 45.0 Å². The number of benzene rings is 2. The van der Waals surface area contributed by atoms with E-state index in [9.17, 15) is 58.5 Å². The van der Waals surface area contributed by atoms with Crippen molar-refractivity contribution in [3.63, 3.8) is 0 Å². The number of esters is 2. The number of rotatable bonds is 48. The lowest BCUT2D eigenvalue weighted by atomic mass is 9.85. The van der Waals surface area contributed by atoms with Crippen molar-refractivity contribution in [2.45, 2.75) is 256 Å². The van der Waals surface area contributed by atoms with Gasteiger partial charge in [0.15, 0.2) is 11.9 Å². The molecule has 1 fully saturated rings. The first-order valence-corrected chi connectivity index (χ1v) is 33.0. The zero-order chi connectivity index (χ0) is 60.9. The largest absolute Gasteiger partial charge is 0.475 e. The van der Waals surface area contributed by atoms with E-state index in [2.05, 4.69) is 23.7 Å². The molecule has 3 rings (SSSR count). The maximum atomic E-state index is 14.6. The predicted octanol–water partition coefficient (Wildman–Crippen LogP) is 11.2. The minimum absolute atomic E-state index is 0.00135. The molecule has 7 N–H and O–H groups in total. The summed E-state index contributed by atoms with van der Waals surface area (Å²) >= 11 is 0. The molecule has 0 saturated heterocycles. The summed E-state index contributed by atoms with van der Waals surface area (Å²) < 4.78 is 75.9. The molecular formula is C60H99NO18P2. The van der Waals surface area contributed by atoms with Crippen molar-refractivity contribution in [2.75, 3.05) is 26.4 Å².